The van der Waals surface area contributed by atoms with Crippen molar-refractivity contribution in [3.63, 3.8) is 0 Å². The Kier molecular flexibility index (Phi) is 9.05. The van der Waals surface area contributed by atoms with E-state index in [1.54, 1.807) is 0 Å². The fourth-order valence-corrected chi connectivity index (χ4v) is 2.11. The Morgan fingerprint density at radius 1 is 0.840 bits per heavy atom. The lowest BCUT2D eigenvalue weighted by molar-refractivity contribution is -0.136. The molecule has 0 spiro atoms. The molecule has 0 amide bonds. The molecule has 0 heterocycles. The molecule has 8 heteroatoms. The van der Waals surface area contributed by atoms with E-state index >= 15 is 0 Å². The van der Waals surface area contributed by atoms with Gasteiger partial charge in [-0.05, 0) is 24.3 Å². The van der Waals surface area contributed by atoms with Crippen LogP contribution in [0.3, 0.4) is 0 Å². The Balaban J connectivity index is 0.000000251. The van der Waals surface area contributed by atoms with Crippen molar-refractivity contribution < 1.29 is 22.9 Å². The van der Waals surface area contributed by atoms with Crippen LogP contribution in [0.15, 0.2) is 60.7 Å². The molecule has 4 N–H and O–H groups in total. The van der Waals surface area contributed by atoms with E-state index in [0.717, 1.165) is 11.4 Å². The van der Waals surface area contributed by atoms with Gasteiger partial charge in [0.05, 0.1) is 12.2 Å². The summed E-state index contributed by atoms with van der Waals surface area (Å²) in [5.41, 5.74) is 1.80. The number of nitrogens with one attached hydrogen (secondary N) is 2. The zero-order chi connectivity index (χ0) is 18.5. The predicted octanol–water partition coefficient (Wildman–Crippen LogP) is 2.56. The molecule has 0 aromatic heterocycles. The number of carbonyl (C=O) groups is 1. The number of hydrogen-bond acceptors (Lipinski definition) is 5. The van der Waals surface area contributed by atoms with Crippen LogP contribution in [0.2, 0.25) is 0 Å². The normalized spacial score (nSPS) is 10.3. The van der Waals surface area contributed by atoms with Crippen LogP contribution in [0.5, 0.6) is 0 Å². The van der Waals surface area contributed by atoms with Crippen LogP contribution in [-0.2, 0) is 14.9 Å². The van der Waals surface area contributed by atoms with Gasteiger partial charge in [-0.2, -0.15) is 8.42 Å². The SMILES string of the molecule is O=C(O)CCNc1ccccc1.O=S(=O)(O)CCNc1ccccc1. The summed E-state index contributed by atoms with van der Waals surface area (Å²) in [4.78, 5) is 10.1. The molecule has 0 fully saturated rings. The fraction of sp³-hybridized carbons (Fsp3) is 0.235. The minimum atomic E-state index is -3.86. The number of carboxylic acids is 1. The summed E-state index contributed by atoms with van der Waals surface area (Å²) in [6.07, 6.45) is 0.148. The van der Waals surface area contributed by atoms with Crippen LogP contribution in [0.25, 0.3) is 0 Å². The Bertz CT molecular complexity index is 721. The molecule has 0 aliphatic rings. The summed E-state index contributed by atoms with van der Waals surface area (Å²) in [5.74, 6) is -1.06. The third kappa shape index (κ3) is 11.6. The monoisotopic (exact) mass is 366 g/mol. The topological polar surface area (TPSA) is 116 Å². The molecule has 2 aromatic carbocycles. The molecule has 0 radical (unpaired) electrons. The van der Waals surface area contributed by atoms with Gasteiger partial charge >= 0.3 is 5.97 Å². The number of benzene rings is 2. The van der Waals surface area contributed by atoms with Crippen LogP contribution >= 0.6 is 0 Å². The number of rotatable bonds is 8. The van der Waals surface area contributed by atoms with Gasteiger partial charge in [-0.1, -0.05) is 36.4 Å². The predicted molar refractivity (Wildman–Crippen MR) is 98.5 cm³/mol. The molecular formula is C17H22N2O5S. The van der Waals surface area contributed by atoms with Gasteiger partial charge in [-0.25, -0.2) is 0 Å². The third-order valence-corrected chi connectivity index (χ3v) is 3.62. The summed E-state index contributed by atoms with van der Waals surface area (Å²) < 4.78 is 29.1. The van der Waals surface area contributed by atoms with E-state index in [1.165, 1.54) is 0 Å². The van der Waals surface area contributed by atoms with E-state index in [1.807, 2.05) is 60.7 Å². The average Bonchev–Trinajstić information content (AvgIpc) is 2.56. The van der Waals surface area contributed by atoms with Gasteiger partial charge in [0.25, 0.3) is 10.1 Å². The molecule has 0 saturated heterocycles. The Morgan fingerprint density at radius 2 is 1.28 bits per heavy atom. The van der Waals surface area contributed by atoms with Gasteiger partial charge in [-0.3, -0.25) is 9.35 Å². The standard InChI is InChI=1S/C9H11NO2.C8H11NO3S/c11-9(12)6-7-10-8-4-2-1-3-5-8;10-13(11,12)7-6-9-8-4-2-1-3-5-8/h1-5,10H,6-7H2,(H,11,12);1-5,9H,6-7H2,(H,10,11,12). The second-order valence-electron chi connectivity index (χ2n) is 5.02. The molecule has 0 aliphatic carbocycles. The zero-order valence-electron chi connectivity index (χ0n) is 13.6. The fourth-order valence-electron chi connectivity index (χ4n) is 1.75. The molecule has 0 aliphatic heterocycles. The van der Waals surface area contributed by atoms with Crippen molar-refractivity contribution in [1.29, 1.82) is 0 Å². The van der Waals surface area contributed by atoms with Crippen molar-refractivity contribution in [3.8, 4) is 0 Å². The van der Waals surface area contributed by atoms with Crippen LogP contribution in [-0.4, -0.2) is 42.9 Å². The van der Waals surface area contributed by atoms with Crippen LogP contribution < -0.4 is 10.6 Å². The van der Waals surface area contributed by atoms with Gasteiger partial charge in [0.15, 0.2) is 0 Å². The van der Waals surface area contributed by atoms with E-state index in [-0.39, 0.29) is 18.7 Å². The lowest BCUT2D eigenvalue weighted by Gasteiger charge is -2.03. The molecule has 25 heavy (non-hydrogen) atoms. The number of aliphatic carboxylic acids is 1. The van der Waals surface area contributed by atoms with Gasteiger partial charge in [0.2, 0.25) is 0 Å². The lowest BCUT2D eigenvalue weighted by atomic mass is 10.3. The first kappa shape index (κ1) is 20.5. The molecule has 2 aromatic rings. The average molecular weight is 366 g/mol. The summed E-state index contributed by atoms with van der Waals surface area (Å²) in [6.45, 7) is 0.683. The van der Waals surface area contributed by atoms with Gasteiger partial charge in [-0.15, -0.1) is 0 Å². The van der Waals surface area contributed by atoms with Crippen molar-refractivity contribution in [1.82, 2.24) is 0 Å². The smallest absolute Gasteiger partial charge is 0.305 e. The maximum Gasteiger partial charge on any atom is 0.305 e. The van der Waals surface area contributed by atoms with Crippen molar-refractivity contribution >= 4 is 27.5 Å². The maximum absolute atomic E-state index is 10.3. The lowest BCUT2D eigenvalue weighted by Crippen LogP contribution is -2.14. The van der Waals surface area contributed by atoms with Crippen molar-refractivity contribution in [2.45, 2.75) is 6.42 Å². The van der Waals surface area contributed by atoms with E-state index in [4.69, 9.17) is 9.66 Å². The van der Waals surface area contributed by atoms with Crippen LogP contribution in [0, 0.1) is 0 Å². The minimum absolute atomic E-state index is 0.148. The highest BCUT2D eigenvalue weighted by Gasteiger charge is 2.02. The van der Waals surface area contributed by atoms with Crippen LogP contribution in [0.4, 0.5) is 11.4 Å². The van der Waals surface area contributed by atoms with E-state index in [0.29, 0.717) is 6.54 Å². The highest BCUT2D eigenvalue weighted by molar-refractivity contribution is 7.85. The Hall–Kier alpha value is -2.58. The number of hydrogen-bond donors (Lipinski definition) is 4. The number of anilines is 2. The highest BCUT2D eigenvalue weighted by Crippen LogP contribution is 2.04. The molecule has 136 valence electrons. The Labute approximate surface area is 147 Å². The number of carboxylic acid groups (broad SMARTS) is 1. The van der Waals surface area contributed by atoms with E-state index < -0.39 is 16.1 Å². The minimum Gasteiger partial charge on any atom is -0.481 e. The molecule has 0 unspecified atom stereocenters. The van der Waals surface area contributed by atoms with Crippen molar-refractivity contribution in [3.05, 3.63) is 60.7 Å². The zero-order valence-corrected chi connectivity index (χ0v) is 14.4. The molecule has 7 nitrogen and oxygen atoms in total. The Morgan fingerprint density at radius 3 is 1.68 bits per heavy atom. The highest BCUT2D eigenvalue weighted by atomic mass is 32.2. The molecule has 0 atom stereocenters. The molecule has 0 bridgehead atoms. The van der Waals surface area contributed by atoms with Gasteiger partial charge in [0.1, 0.15) is 0 Å². The largest absolute Gasteiger partial charge is 0.481 e. The first-order chi connectivity index (χ1) is 11.9. The second-order valence-corrected chi connectivity index (χ2v) is 6.59. The summed E-state index contributed by atoms with van der Waals surface area (Å²) in [5, 5.41) is 14.2. The summed E-state index contributed by atoms with van der Waals surface area (Å²) >= 11 is 0. The first-order valence-electron chi connectivity index (χ1n) is 7.61. The quantitative estimate of drug-likeness (QED) is 0.531. The van der Waals surface area contributed by atoms with Crippen LogP contribution in [0.1, 0.15) is 6.42 Å². The second kappa shape index (κ2) is 11.1. The number of para-hydroxylation sites is 2. The third-order valence-electron chi connectivity index (χ3n) is 2.90. The van der Waals surface area contributed by atoms with Crippen molar-refractivity contribution in [2.75, 3.05) is 29.5 Å². The van der Waals surface area contributed by atoms with Gasteiger partial charge in [0, 0.05) is 24.5 Å². The molecule has 0 saturated carbocycles. The van der Waals surface area contributed by atoms with Crippen molar-refractivity contribution in [2.24, 2.45) is 0 Å². The van der Waals surface area contributed by atoms with E-state index in [2.05, 4.69) is 10.6 Å². The molecule has 2 rings (SSSR count). The van der Waals surface area contributed by atoms with E-state index in [9.17, 15) is 13.2 Å². The maximum atomic E-state index is 10.3. The first-order valence-corrected chi connectivity index (χ1v) is 9.22. The van der Waals surface area contributed by atoms with Gasteiger partial charge < -0.3 is 15.7 Å². The summed E-state index contributed by atoms with van der Waals surface area (Å²) in [6, 6.07) is 18.7. The summed E-state index contributed by atoms with van der Waals surface area (Å²) in [7, 11) is -3.86. The molecular weight excluding hydrogens is 344 g/mol.